The van der Waals surface area contributed by atoms with E-state index < -0.39 is 14.9 Å². The van der Waals surface area contributed by atoms with E-state index in [0.29, 0.717) is 17.1 Å². The summed E-state index contributed by atoms with van der Waals surface area (Å²) >= 11 is 5.22. The van der Waals surface area contributed by atoms with Crippen molar-refractivity contribution in [3.63, 3.8) is 0 Å². The highest BCUT2D eigenvalue weighted by molar-refractivity contribution is 7.92. The Labute approximate surface area is 179 Å². The predicted molar refractivity (Wildman–Crippen MR) is 121 cm³/mol. The van der Waals surface area contributed by atoms with Crippen LogP contribution in [0.1, 0.15) is 5.56 Å². The molecule has 0 aromatic heterocycles. The van der Waals surface area contributed by atoms with E-state index in [9.17, 15) is 18.5 Å². The molecule has 0 bridgehead atoms. The van der Waals surface area contributed by atoms with Gasteiger partial charge in [0.1, 0.15) is 0 Å². The highest BCUT2D eigenvalue weighted by Crippen LogP contribution is 2.20. The van der Waals surface area contributed by atoms with Crippen LogP contribution in [0.2, 0.25) is 0 Å². The van der Waals surface area contributed by atoms with Gasteiger partial charge in [0.15, 0.2) is 5.11 Å². The van der Waals surface area contributed by atoms with Gasteiger partial charge in [0.05, 0.1) is 9.82 Å². The van der Waals surface area contributed by atoms with Crippen LogP contribution in [0.25, 0.3) is 0 Å². The molecule has 0 atom stereocenters. The number of nitrogens with one attached hydrogen (secondary N) is 3. The smallest absolute Gasteiger partial charge is 0.271 e. The summed E-state index contributed by atoms with van der Waals surface area (Å²) in [6.07, 6.45) is 0. The van der Waals surface area contributed by atoms with Gasteiger partial charge in [-0.2, -0.15) is 0 Å². The topological polar surface area (TPSA) is 113 Å². The van der Waals surface area contributed by atoms with Gasteiger partial charge >= 0.3 is 0 Å². The normalized spacial score (nSPS) is 10.8. The summed E-state index contributed by atoms with van der Waals surface area (Å²) in [6.45, 7) is 1.88. The lowest BCUT2D eigenvalue weighted by Crippen LogP contribution is -2.19. The van der Waals surface area contributed by atoms with Crippen molar-refractivity contribution in [2.45, 2.75) is 11.8 Å². The lowest BCUT2D eigenvalue weighted by molar-refractivity contribution is -0.384. The molecule has 0 aliphatic heterocycles. The number of sulfonamides is 1. The van der Waals surface area contributed by atoms with Gasteiger partial charge in [-0.3, -0.25) is 14.8 Å². The molecule has 3 aromatic rings. The Hall–Kier alpha value is -3.50. The Balaban J connectivity index is 1.63. The van der Waals surface area contributed by atoms with Gasteiger partial charge in [-0.05, 0) is 61.6 Å². The molecule has 0 aliphatic rings. The first-order chi connectivity index (χ1) is 14.2. The molecule has 0 radical (unpaired) electrons. The molecule has 0 saturated heterocycles. The first kappa shape index (κ1) is 21.2. The molecule has 0 unspecified atom stereocenters. The number of aryl methyl sites for hydroxylation is 1. The van der Waals surface area contributed by atoms with E-state index >= 15 is 0 Å². The maximum atomic E-state index is 12.4. The summed E-state index contributed by atoms with van der Waals surface area (Å²) in [7, 11) is -3.68. The maximum absolute atomic E-state index is 12.4. The van der Waals surface area contributed by atoms with Gasteiger partial charge in [-0.25, -0.2) is 8.42 Å². The fraction of sp³-hybridized carbons (Fsp3) is 0.0500. The van der Waals surface area contributed by atoms with Crippen molar-refractivity contribution in [3.8, 4) is 0 Å². The number of anilines is 3. The second-order valence-corrected chi connectivity index (χ2v) is 8.47. The van der Waals surface area contributed by atoms with Gasteiger partial charge in [0, 0.05) is 29.2 Å². The maximum Gasteiger partial charge on any atom is 0.271 e. The second kappa shape index (κ2) is 8.89. The number of rotatable bonds is 6. The SMILES string of the molecule is Cc1ccc(S(=O)(=O)Nc2ccc(NC(=S)Nc3cccc([N+](=O)[O-])c3)cc2)cc1. The average Bonchev–Trinajstić information content (AvgIpc) is 2.70. The minimum absolute atomic E-state index is 0.0481. The Kier molecular flexibility index (Phi) is 6.28. The molecule has 3 rings (SSSR count). The third-order valence-corrected chi connectivity index (χ3v) is 5.64. The second-order valence-electron chi connectivity index (χ2n) is 6.38. The number of non-ortho nitro benzene ring substituents is 1. The molecule has 0 heterocycles. The van der Waals surface area contributed by atoms with Crippen LogP contribution in [0.15, 0.2) is 77.7 Å². The van der Waals surface area contributed by atoms with Gasteiger partial charge in [0.25, 0.3) is 15.7 Å². The average molecular weight is 443 g/mol. The molecule has 30 heavy (non-hydrogen) atoms. The van der Waals surface area contributed by atoms with Crippen molar-refractivity contribution in [2.75, 3.05) is 15.4 Å². The van der Waals surface area contributed by atoms with Crippen molar-refractivity contribution in [1.29, 1.82) is 0 Å². The van der Waals surface area contributed by atoms with Gasteiger partial charge < -0.3 is 10.6 Å². The summed E-state index contributed by atoms with van der Waals surface area (Å²) in [4.78, 5) is 10.5. The summed E-state index contributed by atoms with van der Waals surface area (Å²) < 4.78 is 27.4. The van der Waals surface area contributed by atoms with E-state index in [4.69, 9.17) is 12.2 Å². The lowest BCUT2D eigenvalue weighted by Gasteiger charge is -2.12. The third-order valence-electron chi connectivity index (χ3n) is 4.04. The van der Waals surface area contributed by atoms with E-state index in [1.54, 1.807) is 60.7 Å². The number of nitro benzene ring substituents is 1. The fourth-order valence-corrected chi connectivity index (χ4v) is 3.84. The van der Waals surface area contributed by atoms with Crippen molar-refractivity contribution in [2.24, 2.45) is 0 Å². The number of nitro groups is 1. The molecule has 0 spiro atoms. The van der Waals surface area contributed by atoms with Gasteiger partial charge in [-0.15, -0.1) is 0 Å². The van der Waals surface area contributed by atoms with Crippen LogP contribution in [0, 0.1) is 17.0 Å². The summed E-state index contributed by atoms with van der Waals surface area (Å²) in [5.41, 5.74) is 2.42. The van der Waals surface area contributed by atoms with Crippen LogP contribution in [0.3, 0.4) is 0 Å². The van der Waals surface area contributed by atoms with Crippen LogP contribution >= 0.6 is 12.2 Å². The summed E-state index contributed by atoms with van der Waals surface area (Å²) in [5.74, 6) is 0. The Morgan fingerprint density at radius 3 is 2.13 bits per heavy atom. The van der Waals surface area contributed by atoms with Crippen molar-refractivity contribution in [3.05, 3.63) is 88.5 Å². The Bertz CT molecular complexity index is 1180. The third kappa shape index (κ3) is 5.52. The largest absolute Gasteiger partial charge is 0.332 e. The fourth-order valence-electron chi connectivity index (χ4n) is 2.54. The quantitative estimate of drug-likeness (QED) is 0.292. The minimum atomic E-state index is -3.68. The summed E-state index contributed by atoms with van der Waals surface area (Å²) in [5, 5.41) is 16.9. The first-order valence-corrected chi connectivity index (χ1v) is 10.6. The van der Waals surface area contributed by atoms with Gasteiger partial charge in [-0.1, -0.05) is 23.8 Å². The zero-order valence-electron chi connectivity index (χ0n) is 15.8. The number of hydrogen-bond donors (Lipinski definition) is 3. The molecule has 0 amide bonds. The molecule has 0 aliphatic carbocycles. The Morgan fingerprint density at radius 2 is 1.50 bits per heavy atom. The standard InChI is InChI=1S/C20H18N4O4S2/c1-14-5-11-19(12-6-14)30(27,28)23-16-9-7-15(8-10-16)21-20(29)22-17-3-2-4-18(13-17)24(25)26/h2-13,23H,1H3,(H2,21,22,29). The number of hydrogen-bond acceptors (Lipinski definition) is 5. The molecular formula is C20H18N4O4S2. The van der Waals surface area contributed by atoms with E-state index in [1.165, 1.54) is 12.1 Å². The minimum Gasteiger partial charge on any atom is -0.332 e. The molecule has 3 aromatic carbocycles. The highest BCUT2D eigenvalue weighted by Gasteiger charge is 2.13. The molecule has 154 valence electrons. The molecule has 10 heteroatoms. The number of benzene rings is 3. The Morgan fingerprint density at radius 1 is 0.900 bits per heavy atom. The molecule has 0 fully saturated rings. The van der Waals surface area contributed by atoms with E-state index in [-0.39, 0.29) is 15.7 Å². The van der Waals surface area contributed by atoms with Crippen molar-refractivity contribution >= 4 is 50.1 Å². The van der Waals surface area contributed by atoms with Crippen molar-refractivity contribution in [1.82, 2.24) is 0 Å². The van der Waals surface area contributed by atoms with Crippen LogP contribution < -0.4 is 15.4 Å². The lowest BCUT2D eigenvalue weighted by atomic mass is 10.2. The molecule has 0 saturated carbocycles. The molecular weight excluding hydrogens is 424 g/mol. The van der Waals surface area contributed by atoms with Crippen LogP contribution in [-0.4, -0.2) is 18.5 Å². The first-order valence-electron chi connectivity index (χ1n) is 8.75. The summed E-state index contributed by atoms with van der Waals surface area (Å²) in [6, 6.07) is 19.1. The van der Waals surface area contributed by atoms with Crippen LogP contribution in [-0.2, 0) is 10.0 Å². The molecule has 8 nitrogen and oxygen atoms in total. The molecule has 3 N–H and O–H groups in total. The number of thiocarbonyl (C=S) groups is 1. The monoisotopic (exact) mass is 442 g/mol. The zero-order valence-corrected chi connectivity index (χ0v) is 17.5. The zero-order chi connectivity index (χ0) is 21.7. The van der Waals surface area contributed by atoms with E-state index in [1.807, 2.05) is 6.92 Å². The highest BCUT2D eigenvalue weighted by atomic mass is 32.2. The predicted octanol–water partition coefficient (Wildman–Crippen LogP) is 4.51. The van der Waals surface area contributed by atoms with Crippen LogP contribution in [0.5, 0.6) is 0 Å². The van der Waals surface area contributed by atoms with Crippen LogP contribution in [0.4, 0.5) is 22.7 Å². The van der Waals surface area contributed by atoms with E-state index in [2.05, 4.69) is 15.4 Å². The number of nitrogens with zero attached hydrogens (tertiary/aromatic N) is 1. The van der Waals surface area contributed by atoms with E-state index in [0.717, 1.165) is 5.56 Å². The van der Waals surface area contributed by atoms with Crippen molar-refractivity contribution < 1.29 is 13.3 Å². The van der Waals surface area contributed by atoms with Gasteiger partial charge in [0.2, 0.25) is 0 Å².